The highest BCUT2D eigenvalue weighted by molar-refractivity contribution is 7.99. The largest absolute Gasteiger partial charge is 0.353 e. The van der Waals surface area contributed by atoms with E-state index in [1.807, 2.05) is 11.4 Å². The highest BCUT2D eigenvalue weighted by atomic mass is 32.2. The van der Waals surface area contributed by atoms with Crippen LogP contribution in [0.5, 0.6) is 0 Å². The molecule has 1 saturated carbocycles. The van der Waals surface area contributed by atoms with Crippen molar-refractivity contribution in [2.24, 2.45) is 0 Å². The number of hydrogen-bond acceptors (Lipinski definition) is 5. The molecule has 2 heterocycles. The summed E-state index contributed by atoms with van der Waals surface area (Å²) in [6.07, 6.45) is 5.62. The van der Waals surface area contributed by atoms with Crippen LogP contribution in [0.1, 0.15) is 37.7 Å². The minimum atomic E-state index is -0.318. The SMILES string of the molecule is O=C(CSc1nc2ccsc2c(=O)n1Cc1ccc(F)cc1)NC1CCCCC1. The monoisotopic (exact) mass is 431 g/mol. The number of carbonyl (C=O) groups is 1. The molecule has 1 aromatic carbocycles. The van der Waals surface area contributed by atoms with Gasteiger partial charge in [0.25, 0.3) is 5.56 Å². The van der Waals surface area contributed by atoms with Gasteiger partial charge in [-0.2, -0.15) is 0 Å². The van der Waals surface area contributed by atoms with Gasteiger partial charge in [-0.25, -0.2) is 9.37 Å². The average Bonchev–Trinajstić information content (AvgIpc) is 3.20. The minimum absolute atomic E-state index is 0.0325. The molecule has 1 aliphatic rings. The molecule has 1 aliphatic carbocycles. The van der Waals surface area contributed by atoms with Crippen LogP contribution in [0.25, 0.3) is 10.2 Å². The van der Waals surface area contributed by atoms with E-state index in [1.54, 1.807) is 16.7 Å². The molecule has 29 heavy (non-hydrogen) atoms. The third kappa shape index (κ3) is 4.87. The van der Waals surface area contributed by atoms with Gasteiger partial charge in [-0.3, -0.25) is 14.2 Å². The van der Waals surface area contributed by atoms with Crippen LogP contribution in [0.15, 0.2) is 45.7 Å². The Balaban J connectivity index is 1.54. The molecule has 0 atom stereocenters. The molecule has 0 unspecified atom stereocenters. The van der Waals surface area contributed by atoms with E-state index >= 15 is 0 Å². The second kappa shape index (κ2) is 9.09. The van der Waals surface area contributed by atoms with E-state index in [4.69, 9.17) is 0 Å². The van der Waals surface area contributed by atoms with E-state index in [2.05, 4.69) is 10.3 Å². The second-order valence-electron chi connectivity index (χ2n) is 7.24. The summed E-state index contributed by atoms with van der Waals surface area (Å²) in [6, 6.07) is 8.14. The number of hydrogen-bond donors (Lipinski definition) is 1. The summed E-state index contributed by atoms with van der Waals surface area (Å²) in [7, 11) is 0. The van der Waals surface area contributed by atoms with Gasteiger partial charge in [0.2, 0.25) is 5.91 Å². The lowest BCUT2D eigenvalue weighted by Crippen LogP contribution is -2.37. The van der Waals surface area contributed by atoms with Crippen molar-refractivity contribution in [3.8, 4) is 0 Å². The van der Waals surface area contributed by atoms with Crippen LogP contribution in [0.3, 0.4) is 0 Å². The zero-order valence-corrected chi connectivity index (χ0v) is 17.5. The Morgan fingerprint density at radius 1 is 1.21 bits per heavy atom. The van der Waals surface area contributed by atoms with Gasteiger partial charge in [-0.1, -0.05) is 43.2 Å². The van der Waals surface area contributed by atoms with Gasteiger partial charge in [0.05, 0.1) is 17.8 Å². The van der Waals surface area contributed by atoms with Crippen molar-refractivity contribution in [2.75, 3.05) is 5.75 Å². The number of fused-ring (bicyclic) bond motifs is 1. The summed E-state index contributed by atoms with van der Waals surface area (Å²) in [4.78, 5) is 30.0. The Bertz CT molecular complexity index is 1060. The van der Waals surface area contributed by atoms with E-state index in [0.717, 1.165) is 31.2 Å². The Kier molecular flexibility index (Phi) is 6.30. The topological polar surface area (TPSA) is 64.0 Å². The molecule has 4 rings (SSSR count). The predicted octanol–water partition coefficient (Wildman–Crippen LogP) is 4.19. The molecule has 5 nitrogen and oxygen atoms in total. The fourth-order valence-corrected chi connectivity index (χ4v) is 5.18. The third-order valence-corrected chi connectivity index (χ3v) is 6.96. The highest BCUT2D eigenvalue weighted by Gasteiger charge is 2.18. The summed E-state index contributed by atoms with van der Waals surface area (Å²) in [6.45, 7) is 0.284. The lowest BCUT2D eigenvalue weighted by molar-refractivity contribution is -0.119. The fourth-order valence-electron chi connectivity index (χ4n) is 3.59. The first-order chi connectivity index (χ1) is 14.1. The lowest BCUT2D eigenvalue weighted by Gasteiger charge is -2.22. The standard InChI is InChI=1S/C21H22FN3O2S2/c22-15-8-6-14(7-9-15)12-25-20(27)19-17(10-11-28-19)24-21(25)29-13-18(26)23-16-4-2-1-3-5-16/h6-11,16H,1-5,12-13H2,(H,23,26). The van der Waals surface area contributed by atoms with E-state index < -0.39 is 0 Å². The van der Waals surface area contributed by atoms with E-state index in [9.17, 15) is 14.0 Å². The van der Waals surface area contributed by atoms with Crippen LogP contribution in [0.4, 0.5) is 4.39 Å². The van der Waals surface area contributed by atoms with Crippen molar-refractivity contribution in [1.29, 1.82) is 0 Å². The van der Waals surface area contributed by atoms with E-state index in [-0.39, 0.29) is 35.6 Å². The molecular weight excluding hydrogens is 409 g/mol. The number of thiophene rings is 1. The number of carbonyl (C=O) groups excluding carboxylic acids is 1. The zero-order valence-electron chi connectivity index (χ0n) is 15.9. The predicted molar refractivity (Wildman–Crippen MR) is 115 cm³/mol. The summed E-state index contributed by atoms with van der Waals surface area (Å²) in [5, 5.41) is 5.44. The minimum Gasteiger partial charge on any atom is -0.353 e. The molecule has 2 aromatic heterocycles. The number of benzene rings is 1. The number of thioether (sulfide) groups is 1. The first-order valence-corrected chi connectivity index (χ1v) is 11.6. The maximum absolute atomic E-state index is 13.2. The van der Waals surface area contributed by atoms with Gasteiger partial charge in [0, 0.05) is 6.04 Å². The number of rotatable bonds is 6. The van der Waals surface area contributed by atoms with Crippen LogP contribution < -0.4 is 10.9 Å². The summed E-state index contributed by atoms with van der Waals surface area (Å²) in [5.41, 5.74) is 1.31. The quantitative estimate of drug-likeness (QED) is 0.470. The van der Waals surface area contributed by atoms with Gasteiger partial charge < -0.3 is 5.32 Å². The fraction of sp³-hybridized carbons (Fsp3) is 0.381. The smallest absolute Gasteiger partial charge is 0.272 e. The Hall–Kier alpha value is -2.19. The molecule has 1 fully saturated rings. The third-order valence-electron chi connectivity index (χ3n) is 5.09. The number of nitrogens with zero attached hydrogens (tertiary/aromatic N) is 2. The number of halogens is 1. The van der Waals surface area contributed by atoms with Gasteiger partial charge >= 0.3 is 0 Å². The Labute approximate surface area is 176 Å². The second-order valence-corrected chi connectivity index (χ2v) is 9.10. The summed E-state index contributed by atoms with van der Waals surface area (Å²) < 4.78 is 15.4. The lowest BCUT2D eigenvalue weighted by atomic mass is 9.95. The van der Waals surface area contributed by atoms with Crippen LogP contribution in [-0.2, 0) is 11.3 Å². The molecule has 0 bridgehead atoms. The van der Waals surface area contributed by atoms with Gasteiger partial charge in [-0.05, 0) is 42.0 Å². The van der Waals surface area contributed by atoms with Crippen molar-refractivity contribution in [2.45, 2.75) is 49.8 Å². The molecule has 1 amide bonds. The van der Waals surface area contributed by atoms with Gasteiger partial charge in [-0.15, -0.1) is 11.3 Å². The highest BCUT2D eigenvalue weighted by Crippen LogP contribution is 2.22. The summed E-state index contributed by atoms with van der Waals surface area (Å²) in [5.74, 6) is -0.140. The Morgan fingerprint density at radius 2 is 1.97 bits per heavy atom. The molecule has 0 radical (unpaired) electrons. The van der Waals surface area contributed by atoms with Crippen molar-refractivity contribution in [1.82, 2.24) is 14.9 Å². The first kappa shape index (κ1) is 20.1. The normalized spacial score (nSPS) is 14.9. The van der Waals surface area contributed by atoms with Crippen LogP contribution in [0.2, 0.25) is 0 Å². The zero-order chi connectivity index (χ0) is 20.2. The van der Waals surface area contributed by atoms with Crippen molar-refractivity contribution < 1.29 is 9.18 Å². The van der Waals surface area contributed by atoms with Crippen LogP contribution in [-0.4, -0.2) is 27.3 Å². The Morgan fingerprint density at radius 3 is 2.72 bits per heavy atom. The molecule has 0 spiro atoms. The molecule has 1 N–H and O–H groups in total. The number of aromatic nitrogens is 2. The van der Waals surface area contributed by atoms with E-state index in [0.29, 0.717) is 15.4 Å². The molecule has 8 heteroatoms. The van der Waals surface area contributed by atoms with Gasteiger partial charge in [0.15, 0.2) is 5.16 Å². The number of amides is 1. The first-order valence-electron chi connectivity index (χ1n) is 9.75. The number of nitrogens with one attached hydrogen (secondary N) is 1. The molecule has 152 valence electrons. The van der Waals surface area contributed by atoms with Crippen molar-refractivity contribution >= 4 is 39.2 Å². The molecule has 0 aliphatic heterocycles. The average molecular weight is 432 g/mol. The van der Waals surface area contributed by atoms with Crippen LogP contribution in [0, 0.1) is 5.82 Å². The molecule has 3 aromatic rings. The van der Waals surface area contributed by atoms with Crippen molar-refractivity contribution in [3.05, 3.63) is 57.4 Å². The molecule has 0 saturated heterocycles. The van der Waals surface area contributed by atoms with Crippen molar-refractivity contribution in [3.63, 3.8) is 0 Å². The summed E-state index contributed by atoms with van der Waals surface area (Å²) >= 11 is 2.62. The maximum atomic E-state index is 13.2. The maximum Gasteiger partial charge on any atom is 0.272 e. The molecular formula is C21H22FN3O2S2. The van der Waals surface area contributed by atoms with E-state index in [1.165, 1.54) is 41.7 Å². The van der Waals surface area contributed by atoms with Crippen LogP contribution >= 0.6 is 23.1 Å². The van der Waals surface area contributed by atoms with Gasteiger partial charge in [0.1, 0.15) is 10.5 Å².